The van der Waals surface area contributed by atoms with E-state index in [0.717, 1.165) is 0 Å². The number of halogens is 2. The molecule has 1 atom stereocenters. The summed E-state index contributed by atoms with van der Waals surface area (Å²) in [6.45, 7) is 1.57. The average Bonchev–Trinajstić information content (AvgIpc) is 2.76. The fourth-order valence-electron chi connectivity index (χ4n) is 2.85. The summed E-state index contributed by atoms with van der Waals surface area (Å²) < 4.78 is 39.7. The summed E-state index contributed by atoms with van der Waals surface area (Å²) in [6, 6.07) is 6.45. The van der Waals surface area contributed by atoms with E-state index in [1.165, 1.54) is 48.7 Å². The predicted molar refractivity (Wildman–Crippen MR) is 104 cm³/mol. The topological polar surface area (TPSA) is 103 Å². The summed E-state index contributed by atoms with van der Waals surface area (Å²) in [7, 11) is 1.41. The van der Waals surface area contributed by atoms with Crippen LogP contribution < -0.4 is 15.2 Å². The van der Waals surface area contributed by atoms with Crippen LogP contribution in [-0.2, 0) is 11.3 Å². The van der Waals surface area contributed by atoms with Crippen molar-refractivity contribution in [1.29, 1.82) is 0 Å². The molecule has 30 heavy (non-hydrogen) atoms. The van der Waals surface area contributed by atoms with Crippen LogP contribution in [0, 0.1) is 11.6 Å². The number of hydrogen-bond acceptors (Lipinski definition) is 7. The number of carbonyl (C=O) groups is 1. The Morgan fingerprint density at radius 3 is 2.70 bits per heavy atom. The molecular weight excluding hydrogens is 396 g/mol. The molecule has 0 saturated carbocycles. The molecule has 0 radical (unpaired) electrons. The monoisotopic (exact) mass is 415 g/mol. The van der Waals surface area contributed by atoms with Gasteiger partial charge in [-0.05, 0) is 25.1 Å². The van der Waals surface area contributed by atoms with Gasteiger partial charge in [-0.3, -0.25) is 4.79 Å². The highest BCUT2D eigenvalue weighted by Gasteiger charge is 2.23. The van der Waals surface area contributed by atoms with E-state index in [2.05, 4.69) is 15.2 Å². The summed E-state index contributed by atoms with van der Waals surface area (Å²) in [4.78, 5) is 16.6. The highest BCUT2D eigenvalue weighted by Crippen LogP contribution is 2.36. The molecule has 10 heteroatoms. The minimum Gasteiger partial charge on any atom is -0.496 e. The first kappa shape index (κ1) is 20.9. The zero-order chi connectivity index (χ0) is 21.7. The fraction of sp³-hybridized carbons (Fsp3) is 0.200. The van der Waals surface area contributed by atoms with Crippen LogP contribution in [0.4, 0.5) is 14.6 Å². The third-order valence-electron chi connectivity index (χ3n) is 4.48. The molecule has 0 aliphatic rings. The zero-order valence-corrected chi connectivity index (χ0v) is 16.3. The van der Waals surface area contributed by atoms with E-state index in [0.29, 0.717) is 12.0 Å². The van der Waals surface area contributed by atoms with Gasteiger partial charge in [-0.1, -0.05) is 0 Å². The van der Waals surface area contributed by atoms with Crippen LogP contribution in [-0.4, -0.2) is 33.6 Å². The Bertz CT molecular complexity index is 1040. The molecule has 156 valence electrons. The predicted octanol–water partition coefficient (Wildman–Crippen LogP) is 3.25. The molecule has 0 aliphatic carbocycles. The van der Waals surface area contributed by atoms with E-state index in [1.807, 2.05) is 0 Å². The highest BCUT2D eigenvalue weighted by atomic mass is 19.1. The van der Waals surface area contributed by atoms with Crippen molar-refractivity contribution in [2.75, 3.05) is 12.8 Å². The standard InChI is InChI=1S/C20H19F2N5O3/c1-12(27(11-28)10-13-5-7-24-20(23)19(13)22)14-8-15(21)17(9-16(14)29-2)30-18-4-3-6-25-26-18/h3-9,11-12H,10H2,1-2H3,(H2,23,24). The highest BCUT2D eigenvalue weighted by molar-refractivity contribution is 5.52. The number of benzene rings is 1. The number of carbonyl (C=O) groups excluding carboxylic acids is 1. The number of ether oxygens (including phenoxy) is 2. The first-order valence-corrected chi connectivity index (χ1v) is 8.87. The molecule has 0 spiro atoms. The molecule has 2 aromatic heterocycles. The number of pyridine rings is 1. The van der Waals surface area contributed by atoms with Crippen molar-refractivity contribution in [3.8, 4) is 17.4 Å². The maximum atomic E-state index is 14.7. The van der Waals surface area contributed by atoms with Crippen LogP contribution in [0.25, 0.3) is 0 Å². The summed E-state index contributed by atoms with van der Waals surface area (Å²) in [5.74, 6) is -1.38. The lowest BCUT2D eigenvalue weighted by atomic mass is 10.0. The smallest absolute Gasteiger partial charge is 0.238 e. The molecule has 0 saturated heterocycles. The van der Waals surface area contributed by atoms with E-state index < -0.39 is 17.7 Å². The van der Waals surface area contributed by atoms with E-state index >= 15 is 0 Å². The number of amides is 1. The molecular formula is C20H19F2N5O3. The van der Waals surface area contributed by atoms with Gasteiger partial charge in [0.25, 0.3) is 0 Å². The summed E-state index contributed by atoms with van der Waals surface area (Å²) in [5, 5.41) is 7.41. The molecule has 0 fully saturated rings. The van der Waals surface area contributed by atoms with Gasteiger partial charge in [0, 0.05) is 42.2 Å². The molecule has 3 rings (SSSR count). The first-order chi connectivity index (χ1) is 14.4. The van der Waals surface area contributed by atoms with Gasteiger partial charge in [0.2, 0.25) is 12.3 Å². The van der Waals surface area contributed by atoms with E-state index in [9.17, 15) is 13.6 Å². The quantitative estimate of drug-likeness (QED) is 0.563. The van der Waals surface area contributed by atoms with Crippen molar-refractivity contribution in [2.45, 2.75) is 19.5 Å². The van der Waals surface area contributed by atoms with Crippen LogP contribution >= 0.6 is 0 Å². The van der Waals surface area contributed by atoms with Gasteiger partial charge in [-0.15, -0.1) is 5.10 Å². The number of aromatic nitrogens is 3. The van der Waals surface area contributed by atoms with Crippen molar-refractivity contribution in [2.24, 2.45) is 0 Å². The Hall–Kier alpha value is -3.82. The van der Waals surface area contributed by atoms with E-state index in [1.54, 1.807) is 13.0 Å². The largest absolute Gasteiger partial charge is 0.496 e. The minimum absolute atomic E-state index is 0.0914. The summed E-state index contributed by atoms with van der Waals surface area (Å²) in [6.07, 6.45) is 3.35. The lowest BCUT2D eigenvalue weighted by Crippen LogP contribution is -2.26. The molecule has 3 aromatic rings. The van der Waals surface area contributed by atoms with Gasteiger partial charge >= 0.3 is 0 Å². The lowest BCUT2D eigenvalue weighted by molar-refractivity contribution is -0.120. The number of nitrogens with two attached hydrogens (primary N) is 1. The third-order valence-corrected chi connectivity index (χ3v) is 4.48. The number of methoxy groups -OCH3 is 1. The van der Waals surface area contributed by atoms with E-state index in [4.69, 9.17) is 15.2 Å². The average molecular weight is 415 g/mol. The van der Waals surface area contributed by atoms with Crippen LogP contribution in [0.1, 0.15) is 24.1 Å². The number of hydrogen-bond donors (Lipinski definition) is 1. The molecule has 2 N–H and O–H groups in total. The Labute approximate surface area is 171 Å². The van der Waals surface area contributed by atoms with Crippen molar-refractivity contribution >= 4 is 12.2 Å². The second-order valence-corrected chi connectivity index (χ2v) is 6.31. The van der Waals surface area contributed by atoms with Crippen molar-refractivity contribution in [3.05, 3.63) is 65.5 Å². The van der Waals surface area contributed by atoms with Gasteiger partial charge in [-0.2, -0.15) is 5.10 Å². The minimum atomic E-state index is -0.706. The molecule has 0 bridgehead atoms. The maximum Gasteiger partial charge on any atom is 0.238 e. The van der Waals surface area contributed by atoms with Crippen LogP contribution in [0.3, 0.4) is 0 Å². The summed E-state index contributed by atoms with van der Waals surface area (Å²) >= 11 is 0. The van der Waals surface area contributed by atoms with Crippen molar-refractivity contribution < 1.29 is 23.0 Å². The van der Waals surface area contributed by atoms with Gasteiger partial charge in [0.15, 0.2) is 23.2 Å². The second kappa shape index (κ2) is 9.12. The number of rotatable bonds is 8. The Kier molecular flexibility index (Phi) is 6.35. The lowest BCUT2D eigenvalue weighted by Gasteiger charge is -2.27. The van der Waals surface area contributed by atoms with Crippen LogP contribution in [0.2, 0.25) is 0 Å². The number of nitrogens with zero attached hydrogens (tertiary/aromatic N) is 4. The second-order valence-electron chi connectivity index (χ2n) is 6.31. The third kappa shape index (κ3) is 4.43. The van der Waals surface area contributed by atoms with Crippen LogP contribution in [0.5, 0.6) is 17.4 Å². The summed E-state index contributed by atoms with van der Waals surface area (Å²) in [5.41, 5.74) is 6.04. The van der Waals surface area contributed by atoms with Crippen molar-refractivity contribution in [1.82, 2.24) is 20.1 Å². The van der Waals surface area contributed by atoms with Gasteiger partial charge in [-0.25, -0.2) is 13.8 Å². The molecule has 1 amide bonds. The van der Waals surface area contributed by atoms with Gasteiger partial charge in [0.1, 0.15) is 5.75 Å². The van der Waals surface area contributed by atoms with E-state index in [-0.39, 0.29) is 35.3 Å². The Morgan fingerprint density at radius 2 is 2.03 bits per heavy atom. The zero-order valence-electron chi connectivity index (χ0n) is 16.3. The fourth-order valence-corrected chi connectivity index (χ4v) is 2.85. The molecule has 8 nitrogen and oxygen atoms in total. The number of nitrogen functional groups attached to an aromatic ring is 1. The Balaban J connectivity index is 1.89. The molecule has 1 aromatic carbocycles. The van der Waals surface area contributed by atoms with Gasteiger partial charge < -0.3 is 20.1 Å². The Morgan fingerprint density at radius 1 is 1.23 bits per heavy atom. The SMILES string of the molecule is COc1cc(Oc2cccnn2)c(F)cc1C(C)N(C=O)Cc1ccnc(N)c1F. The first-order valence-electron chi connectivity index (χ1n) is 8.87. The molecule has 1 unspecified atom stereocenters. The maximum absolute atomic E-state index is 14.7. The molecule has 2 heterocycles. The van der Waals surface area contributed by atoms with Crippen molar-refractivity contribution in [3.63, 3.8) is 0 Å². The van der Waals surface area contributed by atoms with Crippen LogP contribution in [0.15, 0.2) is 42.7 Å². The number of anilines is 1. The molecule has 0 aliphatic heterocycles. The normalized spacial score (nSPS) is 11.6. The van der Waals surface area contributed by atoms with Gasteiger partial charge in [0.05, 0.1) is 13.2 Å².